The highest BCUT2D eigenvalue weighted by atomic mass is 32.1. The molecule has 4 rings (SSSR count). The summed E-state index contributed by atoms with van der Waals surface area (Å²) in [5, 5.41) is 0.124. The number of carbonyl (C=O) groups excluding carboxylic acids is 3. The average molecular weight is 416 g/mol. The molecule has 0 radical (unpaired) electrons. The molecule has 3 amide bonds. The van der Waals surface area contributed by atoms with Crippen LogP contribution in [0.3, 0.4) is 0 Å². The smallest absolute Gasteiger partial charge is 0.249 e. The van der Waals surface area contributed by atoms with Crippen molar-refractivity contribution in [3.05, 3.63) is 53.9 Å². The second kappa shape index (κ2) is 7.63. The molecule has 148 valence electrons. The highest BCUT2D eigenvalue weighted by Gasteiger charge is 2.33. The molecule has 29 heavy (non-hydrogen) atoms. The Kier molecular flexibility index (Phi) is 5.01. The molecule has 0 aliphatic carbocycles. The number of hydrogen-bond acceptors (Lipinski definition) is 6. The molecular formula is C19H14F2N4O3S. The number of nitrogens with zero attached hydrogens (tertiary/aromatic N) is 4. The fourth-order valence-corrected chi connectivity index (χ4v) is 4.02. The SMILES string of the molecule is O=C1CCC(=O)N1CC(=O)N(Cc1ccccn1)c1nc2c(F)cc(F)cc2s1. The lowest BCUT2D eigenvalue weighted by Gasteiger charge is -2.22. The average Bonchev–Trinajstić information content (AvgIpc) is 3.25. The molecule has 2 aromatic heterocycles. The minimum absolute atomic E-state index is 0.000181. The van der Waals surface area contributed by atoms with Gasteiger partial charge in [0.15, 0.2) is 10.9 Å². The van der Waals surface area contributed by atoms with E-state index >= 15 is 0 Å². The van der Waals surface area contributed by atoms with Crippen molar-refractivity contribution < 1.29 is 23.2 Å². The molecule has 0 spiro atoms. The van der Waals surface area contributed by atoms with Crippen LogP contribution in [0.25, 0.3) is 10.2 Å². The topological polar surface area (TPSA) is 83.5 Å². The third-order valence-corrected chi connectivity index (χ3v) is 5.45. The number of halogens is 2. The first kappa shape index (κ1) is 19.1. The fourth-order valence-electron chi connectivity index (χ4n) is 3.00. The van der Waals surface area contributed by atoms with E-state index in [2.05, 4.69) is 9.97 Å². The van der Waals surface area contributed by atoms with Crippen molar-refractivity contribution in [3.63, 3.8) is 0 Å². The number of rotatable bonds is 5. The Morgan fingerprint density at radius 2 is 1.93 bits per heavy atom. The Balaban J connectivity index is 1.70. The number of benzene rings is 1. The van der Waals surface area contributed by atoms with Gasteiger partial charge in [-0.1, -0.05) is 17.4 Å². The molecule has 0 N–H and O–H groups in total. The lowest BCUT2D eigenvalue weighted by molar-refractivity contribution is -0.141. The van der Waals surface area contributed by atoms with Gasteiger partial charge in [-0.25, -0.2) is 13.8 Å². The molecule has 1 aliphatic heterocycles. The number of thiazole rings is 1. The molecule has 3 aromatic rings. The minimum Gasteiger partial charge on any atom is -0.280 e. The van der Waals surface area contributed by atoms with Crippen LogP contribution in [0, 0.1) is 11.6 Å². The highest BCUT2D eigenvalue weighted by Crippen LogP contribution is 2.32. The van der Waals surface area contributed by atoms with E-state index in [-0.39, 0.29) is 34.7 Å². The summed E-state index contributed by atoms with van der Waals surface area (Å²) >= 11 is 0.939. The molecule has 7 nitrogen and oxygen atoms in total. The molecule has 0 saturated carbocycles. The summed E-state index contributed by atoms with van der Waals surface area (Å²) in [6.45, 7) is -0.447. The van der Waals surface area contributed by atoms with E-state index < -0.39 is 35.9 Å². The molecule has 1 fully saturated rings. The van der Waals surface area contributed by atoms with E-state index in [1.54, 1.807) is 24.4 Å². The van der Waals surface area contributed by atoms with Gasteiger partial charge in [-0.3, -0.25) is 29.2 Å². The van der Waals surface area contributed by atoms with Crippen molar-refractivity contribution in [2.45, 2.75) is 19.4 Å². The van der Waals surface area contributed by atoms with Gasteiger partial charge in [0.2, 0.25) is 17.7 Å². The largest absolute Gasteiger partial charge is 0.280 e. The van der Waals surface area contributed by atoms with Crippen LogP contribution in [-0.2, 0) is 20.9 Å². The number of fused-ring (bicyclic) bond motifs is 1. The summed E-state index contributed by atoms with van der Waals surface area (Å²) in [5.74, 6) is -2.99. The standard InChI is InChI=1S/C19H14F2N4O3S/c20-11-7-13(21)18-14(8-11)29-19(23-18)25(9-12-3-1-2-6-22-12)17(28)10-24-15(26)4-5-16(24)27/h1-3,6-8H,4-5,9-10H2. The summed E-state index contributed by atoms with van der Waals surface area (Å²) in [7, 11) is 0. The van der Waals surface area contributed by atoms with Crippen LogP contribution in [0.2, 0.25) is 0 Å². The molecule has 10 heteroatoms. The monoisotopic (exact) mass is 416 g/mol. The van der Waals surface area contributed by atoms with Crippen LogP contribution in [0.1, 0.15) is 18.5 Å². The first-order valence-corrected chi connectivity index (χ1v) is 9.53. The quantitative estimate of drug-likeness (QED) is 0.597. The van der Waals surface area contributed by atoms with Gasteiger partial charge in [-0.05, 0) is 18.2 Å². The van der Waals surface area contributed by atoms with Crippen molar-refractivity contribution in [1.82, 2.24) is 14.9 Å². The Morgan fingerprint density at radius 3 is 2.62 bits per heavy atom. The van der Waals surface area contributed by atoms with Crippen LogP contribution in [0.15, 0.2) is 36.5 Å². The Hall–Kier alpha value is -3.27. The van der Waals surface area contributed by atoms with Gasteiger partial charge >= 0.3 is 0 Å². The lowest BCUT2D eigenvalue weighted by atomic mass is 10.3. The van der Waals surface area contributed by atoms with E-state index in [4.69, 9.17) is 0 Å². The normalized spacial score (nSPS) is 14.1. The van der Waals surface area contributed by atoms with Gasteiger partial charge in [-0.15, -0.1) is 0 Å². The fraction of sp³-hybridized carbons (Fsp3) is 0.211. The molecule has 0 unspecified atom stereocenters. The molecule has 0 atom stereocenters. The van der Waals surface area contributed by atoms with Gasteiger partial charge in [-0.2, -0.15) is 0 Å². The molecule has 0 bridgehead atoms. The maximum Gasteiger partial charge on any atom is 0.249 e. The number of carbonyl (C=O) groups is 3. The Bertz CT molecular complexity index is 1100. The second-order valence-corrected chi connectivity index (χ2v) is 7.41. The number of pyridine rings is 1. The van der Waals surface area contributed by atoms with Gasteiger partial charge in [0.25, 0.3) is 0 Å². The Labute approximate surface area is 167 Å². The number of likely N-dealkylation sites (tertiary alicyclic amines) is 1. The molecular weight excluding hydrogens is 402 g/mol. The summed E-state index contributed by atoms with van der Waals surface area (Å²) < 4.78 is 27.8. The summed E-state index contributed by atoms with van der Waals surface area (Å²) in [4.78, 5) is 47.2. The molecule has 1 aromatic carbocycles. The van der Waals surface area contributed by atoms with Gasteiger partial charge in [0, 0.05) is 25.1 Å². The zero-order chi connectivity index (χ0) is 20.5. The van der Waals surface area contributed by atoms with Crippen molar-refractivity contribution in [2.24, 2.45) is 0 Å². The molecule has 1 saturated heterocycles. The van der Waals surface area contributed by atoms with Crippen molar-refractivity contribution >= 4 is 44.4 Å². The van der Waals surface area contributed by atoms with E-state index in [0.717, 1.165) is 28.4 Å². The van der Waals surface area contributed by atoms with Crippen LogP contribution in [0.4, 0.5) is 13.9 Å². The maximum absolute atomic E-state index is 14.1. The van der Waals surface area contributed by atoms with Crippen LogP contribution in [0.5, 0.6) is 0 Å². The van der Waals surface area contributed by atoms with E-state index in [0.29, 0.717) is 5.69 Å². The van der Waals surface area contributed by atoms with Crippen molar-refractivity contribution in [2.75, 3.05) is 11.4 Å². The van der Waals surface area contributed by atoms with E-state index in [1.165, 1.54) is 4.90 Å². The van der Waals surface area contributed by atoms with Gasteiger partial charge < -0.3 is 0 Å². The third kappa shape index (κ3) is 3.83. The van der Waals surface area contributed by atoms with Gasteiger partial charge in [0.1, 0.15) is 17.9 Å². The minimum atomic E-state index is -0.836. The zero-order valence-electron chi connectivity index (χ0n) is 15.0. The number of aromatic nitrogens is 2. The summed E-state index contributed by atoms with van der Waals surface area (Å²) in [6, 6.07) is 7.01. The predicted molar refractivity (Wildman–Crippen MR) is 101 cm³/mol. The number of amides is 3. The van der Waals surface area contributed by atoms with Crippen LogP contribution < -0.4 is 4.90 Å². The Morgan fingerprint density at radius 1 is 1.17 bits per heavy atom. The number of anilines is 1. The number of hydrogen-bond donors (Lipinski definition) is 0. The van der Waals surface area contributed by atoms with Crippen LogP contribution >= 0.6 is 11.3 Å². The summed E-state index contributed by atoms with van der Waals surface area (Å²) in [6.07, 6.45) is 1.69. The third-order valence-electron chi connectivity index (χ3n) is 4.43. The zero-order valence-corrected chi connectivity index (χ0v) is 15.8. The molecule has 1 aliphatic rings. The maximum atomic E-state index is 14.1. The van der Waals surface area contributed by atoms with Gasteiger partial charge in [0.05, 0.1) is 16.9 Å². The van der Waals surface area contributed by atoms with Crippen molar-refractivity contribution in [3.8, 4) is 0 Å². The van der Waals surface area contributed by atoms with E-state index in [9.17, 15) is 23.2 Å². The summed E-state index contributed by atoms with van der Waals surface area (Å²) in [5.41, 5.74) is 0.476. The predicted octanol–water partition coefficient (Wildman–Crippen LogP) is 2.65. The van der Waals surface area contributed by atoms with E-state index in [1.807, 2.05) is 0 Å². The lowest BCUT2D eigenvalue weighted by Crippen LogP contribution is -2.42. The first-order valence-electron chi connectivity index (χ1n) is 8.71. The number of imide groups is 1. The highest BCUT2D eigenvalue weighted by molar-refractivity contribution is 7.22. The first-order chi connectivity index (χ1) is 13.9. The van der Waals surface area contributed by atoms with Crippen LogP contribution in [-0.4, -0.2) is 39.1 Å². The second-order valence-electron chi connectivity index (χ2n) is 6.41. The molecule has 3 heterocycles. The van der Waals surface area contributed by atoms with Crippen molar-refractivity contribution in [1.29, 1.82) is 0 Å².